The van der Waals surface area contributed by atoms with Gasteiger partial charge in [0.05, 0.1) is 6.42 Å². The second-order valence-corrected chi connectivity index (χ2v) is 2.88. The molecular formula is C8H17NO3. The number of carbonyl (C=O) groups is 1. The number of hydrogen-bond donors (Lipinski definition) is 2. The van der Waals surface area contributed by atoms with E-state index in [0.717, 1.165) is 19.4 Å². The molecule has 0 aromatic carbocycles. The summed E-state index contributed by atoms with van der Waals surface area (Å²) in [6.07, 6.45) is 1.90. The fraction of sp³-hybridized carbons (Fsp3) is 0.875. The standard InChI is InChI=1S/C8H17NO3/c1-9(5-2-3-7-10)6-4-8(11)12/h10H,2-7H2,1H3,(H,11,12). The van der Waals surface area contributed by atoms with Crippen LogP contribution < -0.4 is 0 Å². The smallest absolute Gasteiger partial charge is 0.304 e. The molecule has 0 spiro atoms. The van der Waals surface area contributed by atoms with Crippen LogP contribution in [0.5, 0.6) is 0 Å². The lowest BCUT2D eigenvalue weighted by molar-refractivity contribution is -0.137. The minimum absolute atomic E-state index is 0.190. The van der Waals surface area contributed by atoms with E-state index in [1.54, 1.807) is 0 Å². The van der Waals surface area contributed by atoms with E-state index in [2.05, 4.69) is 0 Å². The average molecular weight is 175 g/mol. The van der Waals surface area contributed by atoms with Crippen LogP contribution in [0.25, 0.3) is 0 Å². The number of nitrogens with zero attached hydrogens (tertiary/aromatic N) is 1. The topological polar surface area (TPSA) is 60.8 Å². The monoisotopic (exact) mass is 175 g/mol. The van der Waals surface area contributed by atoms with Gasteiger partial charge in [0.15, 0.2) is 0 Å². The number of aliphatic hydroxyl groups excluding tert-OH is 1. The largest absolute Gasteiger partial charge is 0.481 e. The lowest BCUT2D eigenvalue weighted by Crippen LogP contribution is -2.23. The van der Waals surface area contributed by atoms with Crippen LogP contribution in [0.1, 0.15) is 19.3 Å². The first-order chi connectivity index (χ1) is 5.66. The lowest BCUT2D eigenvalue weighted by Gasteiger charge is -2.14. The Morgan fingerprint density at radius 2 is 2.00 bits per heavy atom. The first kappa shape index (κ1) is 11.4. The average Bonchev–Trinajstić information content (AvgIpc) is 2.01. The zero-order chi connectivity index (χ0) is 9.40. The van der Waals surface area contributed by atoms with Crippen LogP contribution in [-0.4, -0.2) is 47.8 Å². The van der Waals surface area contributed by atoms with Crippen molar-refractivity contribution in [3.63, 3.8) is 0 Å². The van der Waals surface area contributed by atoms with Crippen LogP contribution in [0.3, 0.4) is 0 Å². The molecule has 0 radical (unpaired) electrons. The molecule has 0 atom stereocenters. The number of hydrogen-bond acceptors (Lipinski definition) is 3. The van der Waals surface area contributed by atoms with Gasteiger partial charge in [-0.3, -0.25) is 4.79 Å². The van der Waals surface area contributed by atoms with E-state index in [9.17, 15) is 4.79 Å². The van der Waals surface area contributed by atoms with Crippen molar-refractivity contribution in [2.75, 3.05) is 26.7 Å². The highest BCUT2D eigenvalue weighted by atomic mass is 16.4. The second kappa shape index (κ2) is 7.06. The van der Waals surface area contributed by atoms with Crippen LogP contribution in [0.15, 0.2) is 0 Å². The van der Waals surface area contributed by atoms with Crippen molar-refractivity contribution in [2.45, 2.75) is 19.3 Å². The molecule has 0 aromatic heterocycles. The van der Waals surface area contributed by atoms with E-state index in [0.29, 0.717) is 6.54 Å². The molecule has 0 amide bonds. The van der Waals surface area contributed by atoms with E-state index >= 15 is 0 Å². The van der Waals surface area contributed by atoms with Gasteiger partial charge < -0.3 is 15.1 Å². The fourth-order valence-electron chi connectivity index (χ4n) is 0.892. The molecule has 0 aliphatic heterocycles. The number of unbranched alkanes of at least 4 members (excludes halogenated alkanes) is 1. The summed E-state index contributed by atoms with van der Waals surface area (Å²) in [7, 11) is 1.89. The van der Waals surface area contributed by atoms with Crippen molar-refractivity contribution in [1.82, 2.24) is 4.90 Å². The molecular weight excluding hydrogens is 158 g/mol. The molecule has 2 N–H and O–H groups in total. The molecule has 4 heteroatoms. The van der Waals surface area contributed by atoms with Crippen LogP contribution in [0.4, 0.5) is 0 Å². The molecule has 0 bridgehead atoms. The molecule has 0 aliphatic rings. The number of carboxylic acid groups (broad SMARTS) is 1. The summed E-state index contributed by atoms with van der Waals surface area (Å²) in [5.74, 6) is -0.760. The highest BCUT2D eigenvalue weighted by Crippen LogP contribution is 1.93. The number of aliphatic hydroxyl groups is 1. The molecule has 0 aliphatic carbocycles. The van der Waals surface area contributed by atoms with Crippen molar-refractivity contribution < 1.29 is 15.0 Å². The van der Waals surface area contributed by atoms with Gasteiger partial charge in [-0.1, -0.05) is 0 Å². The van der Waals surface area contributed by atoms with Gasteiger partial charge in [0.2, 0.25) is 0 Å². The normalized spacial score (nSPS) is 10.6. The molecule has 0 unspecified atom stereocenters. The predicted octanol–water partition coefficient (Wildman–Crippen LogP) is 0.165. The summed E-state index contributed by atoms with van der Waals surface area (Å²) in [5.41, 5.74) is 0. The lowest BCUT2D eigenvalue weighted by atomic mass is 10.3. The highest BCUT2D eigenvalue weighted by molar-refractivity contribution is 5.66. The maximum Gasteiger partial charge on any atom is 0.304 e. The first-order valence-corrected chi connectivity index (χ1v) is 4.18. The Balaban J connectivity index is 3.21. The summed E-state index contributed by atoms with van der Waals surface area (Å²) in [4.78, 5) is 12.1. The molecule has 12 heavy (non-hydrogen) atoms. The van der Waals surface area contributed by atoms with Crippen LogP contribution >= 0.6 is 0 Å². The Kier molecular flexibility index (Phi) is 6.70. The Morgan fingerprint density at radius 3 is 2.50 bits per heavy atom. The third kappa shape index (κ3) is 7.50. The van der Waals surface area contributed by atoms with Gasteiger partial charge in [0.25, 0.3) is 0 Å². The third-order valence-corrected chi connectivity index (χ3v) is 1.66. The van der Waals surface area contributed by atoms with Crippen molar-refractivity contribution in [3.8, 4) is 0 Å². The number of rotatable bonds is 7. The summed E-state index contributed by atoms with van der Waals surface area (Å²) >= 11 is 0. The molecule has 0 rings (SSSR count). The van der Waals surface area contributed by atoms with Gasteiger partial charge in [-0.05, 0) is 26.4 Å². The van der Waals surface area contributed by atoms with Gasteiger partial charge in [-0.2, -0.15) is 0 Å². The molecule has 0 saturated heterocycles. The molecule has 0 saturated carbocycles. The minimum Gasteiger partial charge on any atom is -0.481 e. The number of aliphatic carboxylic acids is 1. The molecule has 0 fully saturated rings. The zero-order valence-corrected chi connectivity index (χ0v) is 7.49. The summed E-state index contributed by atoms with van der Waals surface area (Å²) in [5, 5.41) is 16.9. The van der Waals surface area contributed by atoms with E-state index < -0.39 is 5.97 Å². The highest BCUT2D eigenvalue weighted by Gasteiger charge is 2.01. The van der Waals surface area contributed by atoms with Gasteiger partial charge in [-0.25, -0.2) is 0 Å². The van der Waals surface area contributed by atoms with Crippen LogP contribution in [0.2, 0.25) is 0 Å². The Labute approximate surface area is 72.8 Å². The summed E-state index contributed by atoms with van der Waals surface area (Å²) < 4.78 is 0. The quantitative estimate of drug-likeness (QED) is 0.541. The van der Waals surface area contributed by atoms with Gasteiger partial charge >= 0.3 is 5.97 Å². The molecule has 4 nitrogen and oxygen atoms in total. The minimum atomic E-state index is -0.760. The zero-order valence-electron chi connectivity index (χ0n) is 7.49. The second-order valence-electron chi connectivity index (χ2n) is 2.88. The van der Waals surface area contributed by atoms with Crippen molar-refractivity contribution in [2.24, 2.45) is 0 Å². The third-order valence-electron chi connectivity index (χ3n) is 1.66. The van der Waals surface area contributed by atoms with Crippen molar-refractivity contribution >= 4 is 5.97 Å². The maximum absolute atomic E-state index is 10.2. The van der Waals surface area contributed by atoms with Crippen molar-refractivity contribution in [1.29, 1.82) is 0 Å². The first-order valence-electron chi connectivity index (χ1n) is 4.18. The van der Waals surface area contributed by atoms with E-state index in [1.165, 1.54) is 0 Å². The summed E-state index contributed by atoms with van der Waals surface area (Å²) in [6, 6.07) is 0. The van der Waals surface area contributed by atoms with E-state index in [-0.39, 0.29) is 13.0 Å². The van der Waals surface area contributed by atoms with Crippen molar-refractivity contribution in [3.05, 3.63) is 0 Å². The van der Waals surface area contributed by atoms with E-state index in [1.807, 2.05) is 11.9 Å². The molecule has 0 aromatic rings. The fourth-order valence-corrected chi connectivity index (χ4v) is 0.892. The Morgan fingerprint density at radius 1 is 1.33 bits per heavy atom. The van der Waals surface area contributed by atoms with Gasteiger partial charge in [0, 0.05) is 13.2 Å². The maximum atomic E-state index is 10.2. The van der Waals surface area contributed by atoms with Gasteiger partial charge in [0.1, 0.15) is 0 Å². The van der Waals surface area contributed by atoms with Gasteiger partial charge in [-0.15, -0.1) is 0 Å². The van der Waals surface area contributed by atoms with Crippen LogP contribution in [0, 0.1) is 0 Å². The van der Waals surface area contributed by atoms with Crippen LogP contribution in [-0.2, 0) is 4.79 Å². The Bertz CT molecular complexity index is 127. The molecule has 0 heterocycles. The number of carboxylic acids is 1. The van der Waals surface area contributed by atoms with E-state index in [4.69, 9.17) is 10.2 Å². The Hall–Kier alpha value is -0.610. The summed E-state index contributed by atoms with van der Waals surface area (Å²) in [6.45, 7) is 1.65. The molecule has 72 valence electrons. The SMILES string of the molecule is CN(CCCCO)CCC(=O)O. The predicted molar refractivity (Wildman–Crippen MR) is 46.1 cm³/mol.